The van der Waals surface area contributed by atoms with Crippen LogP contribution in [0.25, 0.3) is 55.6 Å². The SMILES string of the molecule is CC1(C)c2cc(-n3c4ccccc4c4ccccc43)ccc2-n2c(-c3ccncc3)nc3cccc1c32. The highest BCUT2D eigenvalue weighted by Crippen LogP contribution is 2.47. The molecule has 0 aliphatic carbocycles. The van der Waals surface area contributed by atoms with Crippen LogP contribution in [0.3, 0.4) is 0 Å². The topological polar surface area (TPSA) is 35.6 Å². The number of hydrogen-bond donors (Lipinski definition) is 0. The second kappa shape index (κ2) is 7.17. The van der Waals surface area contributed by atoms with Gasteiger partial charge in [-0.3, -0.25) is 9.55 Å². The van der Waals surface area contributed by atoms with Crippen molar-refractivity contribution in [2.24, 2.45) is 0 Å². The van der Waals surface area contributed by atoms with Crippen LogP contribution in [0.1, 0.15) is 25.0 Å². The highest BCUT2D eigenvalue weighted by molar-refractivity contribution is 6.09. The number of benzene rings is 4. The Labute approximate surface area is 214 Å². The van der Waals surface area contributed by atoms with Crippen molar-refractivity contribution in [1.82, 2.24) is 19.1 Å². The Morgan fingerprint density at radius 2 is 1.35 bits per heavy atom. The smallest absolute Gasteiger partial charge is 0.145 e. The third-order valence-corrected chi connectivity index (χ3v) is 8.02. The van der Waals surface area contributed by atoms with Gasteiger partial charge in [0.05, 0.1) is 27.8 Å². The largest absolute Gasteiger partial charge is 0.309 e. The minimum Gasteiger partial charge on any atom is -0.309 e. The Morgan fingerprint density at radius 3 is 2.08 bits per heavy atom. The first kappa shape index (κ1) is 20.5. The van der Waals surface area contributed by atoms with Crippen molar-refractivity contribution in [3.05, 3.63) is 121 Å². The molecule has 0 spiro atoms. The summed E-state index contributed by atoms with van der Waals surface area (Å²) in [5, 5.41) is 2.55. The van der Waals surface area contributed by atoms with Crippen molar-refractivity contribution >= 4 is 32.8 Å². The van der Waals surface area contributed by atoms with Crippen molar-refractivity contribution in [2.45, 2.75) is 19.3 Å². The Hall–Kier alpha value is -4.70. The van der Waals surface area contributed by atoms with Gasteiger partial charge in [-0.15, -0.1) is 0 Å². The normalized spacial score (nSPS) is 13.9. The molecule has 176 valence electrons. The molecule has 4 heterocycles. The van der Waals surface area contributed by atoms with Crippen LogP contribution < -0.4 is 0 Å². The van der Waals surface area contributed by atoms with E-state index in [9.17, 15) is 0 Å². The van der Waals surface area contributed by atoms with E-state index in [1.165, 1.54) is 49.8 Å². The second-order valence-corrected chi connectivity index (χ2v) is 10.4. The summed E-state index contributed by atoms with van der Waals surface area (Å²) in [6.07, 6.45) is 3.67. The van der Waals surface area contributed by atoms with Gasteiger partial charge in [-0.2, -0.15) is 0 Å². The van der Waals surface area contributed by atoms with Crippen molar-refractivity contribution in [1.29, 1.82) is 0 Å². The number of pyridine rings is 1. The molecule has 8 rings (SSSR count). The Bertz CT molecular complexity index is 1950. The van der Waals surface area contributed by atoms with Gasteiger partial charge in [0.15, 0.2) is 0 Å². The molecule has 4 heteroatoms. The maximum absolute atomic E-state index is 5.10. The number of fused-ring (bicyclic) bond motifs is 5. The first-order valence-corrected chi connectivity index (χ1v) is 12.7. The molecule has 0 atom stereocenters. The molecule has 0 unspecified atom stereocenters. The Balaban J connectivity index is 1.46. The zero-order chi connectivity index (χ0) is 24.7. The van der Waals surface area contributed by atoms with Crippen LogP contribution in [-0.2, 0) is 5.41 Å². The first-order valence-electron chi connectivity index (χ1n) is 12.7. The summed E-state index contributed by atoms with van der Waals surface area (Å²) in [5.74, 6) is 0.950. The summed E-state index contributed by atoms with van der Waals surface area (Å²) in [7, 11) is 0. The van der Waals surface area contributed by atoms with Gasteiger partial charge >= 0.3 is 0 Å². The molecule has 37 heavy (non-hydrogen) atoms. The standard InChI is InChI=1S/C33H24N4/c1-33(2)25-10-7-11-27-31(25)37(32(35-27)21-16-18-34-19-17-21)30-15-14-22(20-26(30)33)36-28-12-5-3-8-23(28)24-9-4-6-13-29(24)36/h3-20H,1-2H3. The van der Waals surface area contributed by atoms with Gasteiger partial charge < -0.3 is 4.57 Å². The summed E-state index contributed by atoms with van der Waals surface area (Å²) in [6, 6.07) is 34.9. The van der Waals surface area contributed by atoms with Gasteiger partial charge in [0, 0.05) is 39.8 Å². The van der Waals surface area contributed by atoms with E-state index in [1.807, 2.05) is 24.5 Å². The summed E-state index contributed by atoms with van der Waals surface area (Å²) in [4.78, 5) is 9.33. The molecule has 0 saturated carbocycles. The zero-order valence-corrected chi connectivity index (χ0v) is 20.7. The molecule has 4 nitrogen and oxygen atoms in total. The Kier molecular flexibility index (Phi) is 3.97. The number of para-hydroxylation sites is 3. The summed E-state index contributed by atoms with van der Waals surface area (Å²) in [5.41, 5.74) is 10.5. The van der Waals surface area contributed by atoms with E-state index < -0.39 is 0 Å². The minimum atomic E-state index is -0.185. The van der Waals surface area contributed by atoms with E-state index in [2.05, 4.69) is 113 Å². The van der Waals surface area contributed by atoms with Crippen LogP contribution in [-0.4, -0.2) is 19.1 Å². The summed E-state index contributed by atoms with van der Waals surface area (Å²) < 4.78 is 4.74. The molecule has 4 aromatic carbocycles. The minimum absolute atomic E-state index is 0.185. The quantitative estimate of drug-likeness (QED) is 0.255. The van der Waals surface area contributed by atoms with Gasteiger partial charge in [0.2, 0.25) is 0 Å². The number of nitrogens with zero attached hydrogens (tertiary/aromatic N) is 4. The Morgan fingerprint density at radius 1 is 0.649 bits per heavy atom. The molecular formula is C33H24N4. The fraction of sp³-hybridized carbons (Fsp3) is 0.0909. The predicted octanol–water partition coefficient (Wildman–Crippen LogP) is 7.82. The summed E-state index contributed by atoms with van der Waals surface area (Å²) in [6.45, 7) is 4.66. The van der Waals surface area contributed by atoms with Crippen LogP contribution in [0, 0.1) is 0 Å². The number of hydrogen-bond acceptors (Lipinski definition) is 2. The number of aromatic nitrogens is 4. The number of rotatable bonds is 2. The number of imidazole rings is 1. The second-order valence-electron chi connectivity index (χ2n) is 10.4. The third-order valence-electron chi connectivity index (χ3n) is 8.02. The van der Waals surface area contributed by atoms with Gasteiger partial charge in [0.25, 0.3) is 0 Å². The van der Waals surface area contributed by atoms with E-state index >= 15 is 0 Å². The highest BCUT2D eigenvalue weighted by atomic mass is 15.1. The van der Waals surface area contributed by atoms with Crippen molar-refractivity contribution in [3.8, 4) is 22.8 Å². The van der Waals surface area contributed by atoms with E-state index in [1.54, 1.807) is 0 Å². The van der Waals surface area contributed by atoms with Crippen molar-refractivity contribution in [3.63, 3.8) is 0 Å². The van der Waals surface area contributed by atoms with Gasteiger partial charge in [-0.1, -0.05) is 62.4 Å². The lowest BCUT2D eigenvalue weighted by Crippen LogP contribution is -2.26. The maximum Gasteiger partial charge on any atom is 0.145 e. The van der Waals surface area contributed by atoms with Crippen LogP contribution in [0.4, 0.5) is 0 Å². The molecule has 0 saturated heterocycles. The van der Waals surface area contributed by atoms with Gasteiger partial charge in [0.1, 0.15) is 5.82 Å². The molecule has 1 aliphatic heterocycles. The highest BCUT2D eigenvalue weighted by Gasteiger charge is 2.36. The molecule has 7 aromatic rings. The van der Waals surface area contributed by atoms with Crippen LogP contribution in [0.2, 0.25) is 0 Å². The fourth-order valence-electron chi connectivity index (χ4n) is 6.26. The first-order chi connectivity index (χ1) is 18.1. The van der Waals surface area contributed by atoms with Gasteiger partial charge in [-0.25, -0.2) is 4.98 Å². The van der Waals surface area contributed by atoms with E-state index in [-0.39, 0.29) is 5.41 Å². The summed E-state index contributed by atoms with van der Waals surface area (Å²) >= 11 is 0. The van der Waals surface area contributed by atoms with E-state index in [0.717, 1.165) is 16.9 Å². The molecule has 0 amide bonds. The zero-order valence-electron chi connectivity index (χ0n) is 20.7. The monoisotopic (exact) mass is 476 g/mol. The fourth-order valence-corrected chi connectivity index (χ4v) is 6.26. The molecule has 3 aromatic heterocycles. The van der Waals surface area contributed by atoms with Crippen molar-refractivity contribution < 1.29 is 0 Å². The molecule has 0 bridgehead atoms. The van der Waals surface area contributed by atoms with Crippen molar-refractivity contribution in [2.75, 3.05) is 0 Å². The lowest BCUT2D eigenvalue weighted by Gasteiger charge is -2.35. The van der Waals surface area contributed by atoms with Crippen LogP contribution >= 0.6 is 0 Å². The lowest BCUT2D eigenvalue weighted by atomic mass is 9.74. The lowest BCUT2D eigenvalue weighted by molar-refractivity contribution is 0.628. The molecule has 0 N–H and O–H groups in total. The average molecular weight is 477 g/mol. The maximum atomic E-state index is 5.10. The third kappa shape index (κ3) is 2.67. The molecule has 0 fully saturated rings. The van der Waals surface area contributed by atoms with E-state index in [4.69, 9.17) is 4.98 Å². The van der Waals surface area contributed by atoms with Crippen LogP contribution in [0.5, 0.6) is 0 Å². The van der Waals surface area contributed by atoms with Gasteiger partial charge in [-0.05, 0) is 59.7 Å². The molecule has 0 radical (unpaired) electrons. The predicted molar refractivity (Wildman–Crippen MR) is 151 cm³/mol. The average Bonchev–Trinajstić information content (AvgIpc) is 3.49. The van der Waals surface area contributed by atoms with Crippen LogP contribution in [0.15, 0.2) is 109 Å². The molecule has 1 aliphatic rings. The molecular weight excluding hydrogens is 452 g/mol. The van der Waals surface area contributed by atoms with E-state index in [0.29, 0.717) is 0 Å².